The number of imidazole rings is 1. The number of thiophene rings is 1. The molecular weight excluding hydrogens is 256 g/mol. The number of aromatic nitrogens is 2. The first-order valence-corrected chi connectivity index (χ1v) is 6.21. The van der Waals surface area contributed by atoms with Crippen LogP contribution in [-0.4, -0.2) is 9.55 Å². The monoisotopic (exact) mass is 265 g/mol. The Labute approximate surface area is 105 Å². The van der Waals surface area contributed by atoms with Gasteiger partial charge in [0.15, 0.2) is 5.82 Å². The number of anilines is 1. The van der Waals surface area contributed by atoms with Gasteiger partial charge < -0.3 is 10.3 Å². The Balaban J connectivity index is 2.19. The van der Waals surface area contributed by atoms with Crippen molar-refractivity contribution in [2.24, 2.45) is 0 Å². The molecule has 0 amide bonds. The van der Waals surface area contributed by atoms with Crippen molar-refractivity contribution in [3.8, 4) is 0 Å². The summed E-state index contributed by atoms with van der Waals surface area (Å²) in [5.41, 5.74) is 7.25. The molecule has 2 N–H and O–H groups in total. The van der Waals surface area contributed by atoms with Gasteiger partial charge in [0.25, 0.3) is 0 Å². The molecule has 0 saturated carbocycles. The summed E-state index contributed by atoms with van der Waals surface area (Å²) in [6.45, 7) is 0.453. The van der Waals surface area contributed by atoms with E-state index in [1.807, 2.05) is 16.8 Å². The van der Waals surface area contributed by atoms with Gasteiger partial charge in [-0.1, -0.05) is 0 Å². The van der Waals surface area contributed by atoms with Crippen LogP contribution in [0.25, 0.3) is 11.0 Å². The minimum Gasteiger partial charge on any atom is -0.369 e. The molecule has 3 rings (SSSR count). The summed E-state index contributed by atoms with van der Waals surface area (Å²) in [7, 11) is 0. The lowest BCUT2D eigenvalue weighted by atomic mass is 10.2. The van der Waals surface area contributed by atoms with Crippen molar-refractivity contribution in [3.05, 3.63) is 46.2 Å². The number of nitrogen functional groups attached to an aromatic ring is 1. The molecular formula is C12H9F2N3S. The van der Waals surface area contributed by atoms with Crippen molar-refractivity contribution in [1.82, 2.24) is 9.55 Å². The summed E-state index contributed by atoms with van der Waals surface area (Å²) in [5, 5.41) is 3.90. The van der Waals surface area contributed by atoms with Crippen LogP contribution in [0.2, 0.25) is 0 Å². The third-order valence-electron chi connectivity index (χ3n) is 2.72. The molecule has 0 aliphatic carbocycles. The van der Waals surface area contributed by atoms with E-state index >= 15 is 0 Å². The van der Waals surface area contributed by atoms with Crippen LogP contribution in [0.1, 0.15) is 5.56 Å². The van der Waals surface area contributed by atoms with Crippen LogP contribution in [0, 0.1) is 11.6 Å². The fourth-order valence-electron chi connectivity index (χ4n) is 1.90. The zero-order chi connectivity index (χ0) is 12.7. The van der Waals surface area contributed by atoms with Crippen molar-refractivity contribution in [3.63, 3.8) is 0 Å². The molecule has 0 fully saturated rings. The summed E-state index contributed by atoms with van der Waals surface area (Å²) in [5.74, 6) is -1.15. The number of hydrogen-bond acceptors (Lipinski definition) is 3. The normalized spacial score (nSPS) is 11.2. The molecule has 3 nitrogen and oxygen atoms in total. The smallest absolute Gasteiger partial charge is 0.201 e. The molecule has 0 aliphatic rings. The number of rotatable bonds is 2. The first-order chi connectivity index (χ1) is 8.65. The summed E-state index contributed by atoms with van der Waals surface area (Å²) in [6.07, 6.45) is 0. The van der Waals surface area contributed by atoms with Crippen molar-refractivity contribution >= 4 is 28.3 Å². The quantitative estimate of drug-likeness (QED) is 0.774. The Bertz CT molecular complexity index is 704. The number of hydrogen-bond donors (Lipinski definition) is 1. The van der Waals surface area contributed by atoms with Crippen molar-refractivity contribution < 1.29 is 8.78 Å². The molecule has 0 spiro atoms. The predicted molar refractivity (Wildman–Crippen MR) is 67.5 cm³/mol. The average molecular weight is 265 g/mol. The predicted octanol–water partition coefficient (Wildman–Crippen LogP) is 3.01. The van der Waals surface area contributed by atoms with Gasteiger partial charge in [-0.3, -0.25) is 0 Å². The zero-order valence-electron chi connectivity index (χ0n) is 9.23. The largest absolute Gasteiger partial charge is 0.369 e. The maximum absolute atomic E-state index is 13.5. The highest BCUT2D eigenvalue weighted by atomic mass is 32.1. The third kappa shape index (κ3) is 1.74. The minimum absolute atomic E-state index is 0.101. The van der Waals surface area contributed by atoms with Crippen molar-refractivity contribution in [2.45, 2.75) is 6.54 Å². The summed E-state index contributed by atoms with van der Waals surface area (Å²) >= 11 is 1.56. The van der Waals surface area contributed by atoms with E-state index in [0.717, 1.165) is 11.6 Å². The van der Waals surface area contributed by atoms with Crippen molar-refractivity contribution in [2.75, 3.05) is 5.73 Å². The van der Waals surface area contributed by atoms with Crippen LogP contribution >= 0.6 is 11.3 Å². The highest BCUT2D eigenvalue weighted by molar-refractivity contribution is 7.07. The van der Waals surface area contributed by atoms with E-state index in [-0.39, 0.29) is 11.5 Å². The summed E-state index contributed by atoms with van der Waals surface area (Å²) in [6, 6.07) is 3.99. The SMILES string of the molecule is Nc1nc2c(F)cc(F)cc2n1Cc1ccsc1. The fourth-order valence-corrected chi connectivity index (χ4v) is 2.56. The molecule has 92 valence electrons. The van der Waals surface area contributed by atoms with Crippen LogP contribution in [0.5, 0.6) is 0 Å². The average Bonchev–Trinajstić information content (AvgIpc) is 2.91. The Morgan fingerprint density at radius 2 is 2.17 bits per heavy atom. The molecule has 0 unspecified atom stereocenters. The van der Waals surface area contributed by atoms with Gasteiger partial charge >= 0.3 is 0 Å². The minimum atomic E-state index is -0.694. The lowest BCUT2D eigenvalue weighted by molar-refractivity contribution is 0.590. The van der Waals surface area contributed by atoms with Gasteiger partial charge in [0.05, 0.1) is 12.1 Å². The van der Waals surface area contributed by atoms with Gasteiger partial charge in [0.1, 0.15) is 11.3 Å². The lowest BCUT2D eigenvalue weighted by Gasteiger charge is -2.04. The number of nitrogens with zero attached hydrogens (tertiary/aromatic N) is 2. The molecule has 0 saturated heterocycles. The second kappa shape index (κ2) is 4.06. The molecule has 0 bridgehead atoms. The van der Waals surface area contributed by atoms with E-state index in [9.17, 15) is 8.78 Å². The molecule has 0 aliphatic heterocycles. The van der Waals surface area contributed by atoms with Crippen LogP contribution < -0.4 is 5.73 Å². The Hall–Kier alpha value is -1.95. The van der Waals surface area contributed by atoms with Crippen molar-refractivity contribution in [1.29, 1.82) is 0 Å². The van der Waals surface area contributed by atoms with E-state index in [0.29, 0.717) is 12.1 Å². The number of fused-ring (bicyclic) bond motifs is 1. The number of nitrogens with two attached hydrogens (primary N) is 1. The van der Waals surface area contributed by atoms with Gasteiger partial charge in [-0.2, -0.15) is 11.3 Å². The highest BCUT2D eigenvalue weighted by Gasteiger charge is 2.14. The highest BCUT2D eigenvalue weighted by Crippen LogP contribution is 2.23. The summed E-state index contributed by atoms with van der Waals surface area (Å²) in [4.78, 5) is 3.94. The lowest BCUT2D eigenvalue weighted by Crippen LogP contribution is -2.03. The topological polar surface area (TPSA) is 43.8 Å². The van der Waals surface area contributed by atoms with E-state index in [1.165, 1.54) is 6.07 Å². The molecule has 0 radical (unpaired) electrons. The first kappa shape index (κ1) is 11.2. The molecule has 2 heterocycles. The molecule has 0 atom stereocenters. The maximum atomic E-state index is 13.5. The maximum Gasteiger partial charge on any atom is 0.201 e. The van der Waals surface area contributed by atoms with E-state index in [4.69, 9.17) is 5.73 Å². The molecule has 2 aromatic heterocycles. The molecule has 3 aromatic rings. The second-order valence-electron chi connectivity index (χ2n) is 3.94. The zero-order valence-corrected chi connectivity index (χ0v) is 10.0. The second-order valence-corrected chi connectivity index (χ2v) is 4.72. The first-order valence-electron chi connectivity index (χ1n) is 5.27. The molecule has 18 heavy (non-hydrogen) atoms. The van der Waals surface area contributed by atoms with E-state index in [2.05, 4.69) is 4.98 Å². The Morgan fingerprint density at radius 3 is 2.89 bits per heavy atom. The van der Waals surface area contributed by atoms with E-state index < -0.39 is 11.6 Å². The van der Waals surface area contributed by atoms with E-state index in [1.54, 1.807) is 15.9 Å². The van der Waals surface area contributed by atoms with Crippen LogP contribution in [0.4, 0.5) is 14.7 Å². The van der Waals surface area contributed by atoms with Crippen LogP contribution in [0.3, 0.4) is 0 Å². The van der Waals surface area contributed by atoms with Gasteiger partial charge in [-0.05, 0) is 22.4 Å². The number of benzene rings is 1. The molecule has 6 heteroatoms. The number of halogens is 2. The summed E-state index contributed by atoms with van der Waals surface area (Å²) < 4.78 is 28.4. The van der Waals surface area contributed by atoms with Gasteiger partial charge in [0, 0.05) is 12.1 Å². The van der Waals surface area contributed by atoms with Gasteiger partial charge in [0.2, 0.25) is 5.95 Å². The van der Waals surface area contributed by atoms with Crippen LogP contribution in [0.15, 0.2) is 29.0 Å². The fraction of sp³-hybridized carbons (Fsp3) is 0.0833. The Kier molecular flexibility index (Phi) is 2.52. The third-order valence-corrected chi connectivity index (χ3v) is 3.45. The van der Waals surface area contributed by atoms with Crippen LogP contribution in [-0.2, 0) is 6.54 Å². The molecule has 1 aromatic carbocycles. The Morgan fingerprint density at radius 1 is 1.33 bits per heavy atom. The van der Waals surface area contributed by atoms with Gasteiger partial charge in [-0.15, -0.1) is 0 Å². The standard InChI is InChI=1S/C12H9F2N3S/c13-8-3-9(14)11-10(4-8)17(12(15)16-11)5-7-1-2-18-6-7/h1-4,6H,5H2,(H2,15,16). The van der Waals surface area contributed by atoms with Gasteiger partial charge in [-0.25, -0.2) is 13.8 Å².